The number of thiazole rings is 1. The zero-order chi connectivity index (χ0) is 24.9. The summed E-state index contributed by atoms with van der Waals surface area (Å²) in [6.07, 6.45) is 2.27. The van der Waals surface area contributed by atoms with E-state index in [0.717, 1.165) is 36.5 Å². The molecule has 2 heterocycles. The third-order valence-corrected chi connectivity index (χ3v) is 7.03. The number of hydrogen-bond acceptors (Lipinski definition) is 6. The molecule has 0 unspecified atom stereocenters. The van der Waals surface area contributed by atoms with Crippen molar-refractivity contribution in [2.24, 2.45) is 0 Å². The Kier molecular flexibility index (Phi) is 9.44. The number of nitrogens with zero attached hydrogens (tertiary/aromatic N) is 2. The number of fused-ring (bicyclic) bond motifs is 1. The molecule has 3 aromatic rings. The van der Waals surface area contributed by atoms with Gasteiger partial charge in [-0.2, -0.15) is 0 Å². The minimum Gasteiger partial charge on any atom is -0.478 e. The van der Waals surface area contributed by atoms with E-state index in [-0.39, 0.29) is 36.2 Å². The van der Waals surface area contributed by atoms with Gasteiger partial charge < -0.3 is 20.6 Å². The minimum absolute atomic E-state index is 0. The molecule has 4 rings (SSSR count). The number of halogens is 2. The number of aromatic nitrogens is 1. The maximum Gasteiger partial charge on any atom is 0.335 e. The van der Waals surface area contributed by atoms with E-state index in [1.165, 1.54) is 23.5 Å². The molecule has 0 saturated heterocycles. The van der Waals surface area contributed by atoms with Gasteiger partial charge in [-0.1, -0.05) is 17.7 Å². The molecule has 3 N–H and O–H groups in total. The third-order valence-electron chi connectivity index (χ3n) is 5.69. The molecule has 2 aromatic carbocycles. The fourth-order valence-electron chi connectivity index (χ4n) is 3.86. The van der Waals surface area contributed by atoms with Gasteiger partial charge in [0.05, 0.1) is 11.3 Å². The number of carbonyl (C=O) groups is 3. The second-order valence-electron chi connectivity index (χ2n) is 8.42. The molecule has 36 heavy (non-hydrogen) atoms. The van der Waals surface area contributed by atoms with Gasteiger partial charge in [0.2, 0.25) is 5.91 Å². The van der Waals surface area contributed by atoms with Crippen LogP contribution in [0.2, 0.25) is 5.02 Å². The molecule has 0 aliphatic carbocycles. The number of amides is 2. The Bertz CT molecular complexity index is 1260. The minimum atomic E-state index is -1.10. The maximum absolute atomic E-state index is 13.0. The number of rotatable bonds is 7. The Morgan fingerprint density at radius 3 is 2.61 bits per heavy atom. The smallest absolute Gasteiger partial charge is 0.335 e. The fraction of sp³-hybridized carbons (Fsp3) is 0.280. The Hall–Kier alpha value is -2.98. The second kappa shape index (κ2) is 12.3. The summed E-state index contributed by atoms with van der Waals surface area (Å²) < 4.78 is 0. The molecule has 0 saturated carbocycles. The van der Waals surface area contributed by atoms with Crippen molar-refractivity contribution in [3.8, 4) is 0 Å². The number of aryl methyl sites for hydroxylation is 2. The number of benzene rings is 2. The van der Waals surface area contributed by atoms with Gasteiger partial charge in [0.1, 0.15) is 0 Å². The summed E-state index contributed by atoms with van der Waals surface area (Å²) in [5.41, 5.74) is 2.64. The van der Waals surface area contributed by atoms with Gasteiger partial charge in [-0.15, -0.1) is 23.7 Å². The predicted octanol–water partition coefficient (Wildman–Crippen LogP) is 5.12. The average Bonchev–Trinajstić information content (AvgIpc) is 3.13. The van der Waals surface area contributed by atoms with Crippen molar-refractivity contribution in [3.63, 3.8) is 0 Å². The monoisotopic (exact) mass is 548 g/mol. The molecule has 0 fully saturated rings. The van der Waals surface area contributed by atoms with Crippen LogP contribution in [0.15, 0.2) is 42.5 Å². The number of carbonyl (C=O) groups excluding carboxylic acids is 2. The lowest BCUT2D eigenvalue weighted by Gasteiger charge is -2.12. The fourth-order valence-corrected chi connectivity index (χ4v) is 5.07. The largest absolute Gasteiger partial charge is 0.478 e. The molecule has 0 radical (unpaired) electrons. The van der Waals surface area contributed by atoms with E-state index in [4.69, 9.17) is 11.6 Å². The van der Waals surface area contributed by atoms with Crippen molar-refractivity contribution < 1.29 is 19.5 Å². The van der Waals surface area contributed by atoms with E-state index in [2.05, 4.69) is 20.5 Å². The van der Waals surface area contributed by atoms with E-state index in [1.54, 1.807) is 30.3 Å². The van der Waals surface area contributed by atoms with Crippen LogP contribution in [0.25, 0.3) is 0 Å². The van der Waals surface area contributed by atoms with E-state index >= 15 is 0 Å². The quantitative estimate of drug-likeness (QED) is 0.378. The topological polar surface area (TPSA) is 112 Å². The van der Waals surface area contributed by atoms with Crippen molar-refractivity contribution in [3.05, 3.63) is 74.2 Å². The van der Waals surface area contributed by atoms with Crippen molar-refractivity contribution in [2.75, 3.05) is 24.2 Å². The van der Waals surface area contributed by atoms with Crippen LogP contribution < -0.4 is 10.6 Å². The van der Waals surface area contributed by atoms with Crippen LogP contribution in [-0.2, 0) is 24.2 Å². The SMILES string of the molecule is CN1CCCc2nc(C(=O)Nc3cc(C(=O)O)ccc3CCC(=O)Nc3ccc(Cl)cc3)sc2C1.Cl. The lowest BCUT2D eigenvalue weighted by Crippen LogP contribution is -2.17. The van der Waals surface area contributed by atoms with E-state index in [1.807, 2.05) is 7.05 Å². The predicted molar refractivity (Wildman–Crippen MR) is 144 cm³/mol. The summed E-state index contributed by atoms with van der Waals surface area (Å²) in [4.78, 5) is 44.8. The highest BCUT2D eigenvalue weighted by Crippen LogP contribution is 2.26. The summed E-state index contributed by atoms with van der Waals surface area (Å²) in [5, 5.41) is 16.0. The number of hydrogen-bond donors (Lipinski definition) is 3. The number of nitrogens with one attached hydrogen (secondary N) is 2. The first-order valence-corrected chi connectivity index (χ1v) is 12.4. The molecule has 11 heteroatoms. The normalized spacial score (nSPS) is 13.2. The molecule has 8 nitrogen and oxygen atoms in total. The van der Waals surface area contributed by atoms with Gasteiger partial charge >= 0.3 is 5.97 Å². The first kappa shape index (κ1) is 27.6. The van der Waals surface area contributed by atoms with Gasteiger partial charge in [0.25, 0.3) is 5.91 Å². The summed E-state index contributed by atoms with van der Waals surface area (Å²) in [6, 6.07) is 11.3. The molecule has 2 amide bonds. The van der Waals surface area contributed by atoms with Crippen LogP contribution in [0, 0.1) is 0 Å². The zero-order valence-corrected chi connectivity index (χ0v) is 21.9. The lowest BCUT2D eigenvalue weighted by atomic mass is 10.0. The Balaban J connectivity index is 0.00000361. The van der Waals surface area contributed by atoms with Crippen LogP contribution in [0.5, 0.6) is 0 Å². The average molecular weight is 549 g/mol. The highest BCUT2D eigenvalue weighted by molar-refractivity contribution is 7.13. The molecule has 190 valence electrons. The van der Waals surface area contributed by atoms with Gasteiger partial charge in [-0.25, -0.2) is 9.78 Å². The summed E-state index contributed by atoms with van der Waals surface area (Å²) in [5.74, 6) is -1.70. The summed E-state index contributed by atoms with van der Waals surface area (Å²) >= 11 is 7.24. The van der Waals surface area contributed by atoms with Gasteiger partial charge in [-0.05, 0) is 74.8 Å². The Labute approximate surface area is 224 Å². The molecule has 1 aliphatic heterocycles. The number of carboxylic acid groups (broad SMARTS) is 1. The first-order valence-electron chi connectivity index (χ1n) is 11.2. The number of carboxylic acids is 1. The maximum atomic E-state index is 13.0. The standard InChI is InChI=1S/C25H25ClN4O4S.ClH/c1-30-12-2-3-19-21(14-30)35-24(29-19)23(32)28-20-13-16(25(33)34)5-4-15(20)6-11-22(31)27-18-9-7-17(26)8-10-18;/h4-5,7-10,13H,2-3,6,11-12,14H2,1H3,(H,27,31)(H,28,32)(H,33,34);1H. The number of anilines is 2. The van der Waals surface area contributed by atoms with Crippen molar-refractivity contribution in [2.45, 2.75) is 32.2 Å². The first-order chi connectivity index (χ1) is 16.8. The number of aromatic carboxylic acids is 1. The molecular formula is C25H26Cl2N4O4S. The Morgan fingerprint density at radius 1 is 1.14 bits per heavy atom. The van der Waals surface area contributed by atoms with Gasteiger partial charge in [0.15, 0.2) is 5.01 Å². The molecule has 0 bridgehead atoms. The van der Waals surface area contributed by atoms with Crippen LogP contribution in [-0.4, -0.2) is 46.4 Å². The van der Waals surface area contributed by atoms with Gasteiger partial charge in [-0.3, -0.25) is 9.59 Å². The van der Waals surface area contributed by atoms with E-state index < -0.39 is 5.97 Å². The molecule has 0 spiro atoms. The highest BCUT2D eigenvalue weighted by Gasteiger charge is 2.21. The van der Waals surface area contributed by atoms with Crippen LogP contribution >= 0.6 is 35.3 Å². The lowest BCUT2D eigenvalue weighted by molar-refractivity contribution is -0.116. The third kappa shape index (κ3) is 7.04. The second-order valence-corrected chi connectivity index (χ2v) is 9.94. The molecule has 1 aromatic heterocycles. The molecule has 1 aliphatic rings. The van der Waals surface area contributed by atoms with Crippen LogP contribution in [0.1, 0.15) is 49.1 Å². The van der Waals surface area contributed by atoms with Crippen molar-refractivity contribution in [1.29, 1.82) is 0 Å². The van der Waals surface area contributed by atoms with Gasteiger partial charge in [0, 0.05) is 34.2 Å². The van der Waals surface area contributed by atoms with E-state index in [9.17, 15) is 19.5 Å². The summed E-state index contributed by atoms with van der Waals surface area (Å²) in [7, 11) is 2.04. The van der Waals surface area contributed by atoms with Crippen molar-refractivity contribution >= 4 is 64.5 Å². The van der Waals surface area contributed by atoms with Crippen LogP contribution in [0.4, 0.5) is 11.4 Å². The molecule has 0 atom stereocenters. The highest BCUT2D eigenvalue weighted by atomic mass is 35.5. The van der Waals surface area contributed by atoms with Crippen molar-refractivity contribution in [1.82, 2.24) is 9.88 Å². The summed E-state index contributed by atoms with van der Waals surface area (Å²) in [6.45, 7) is 1.74. The molecular weight excluding hydrogens is 523 g/mol. The Morgan fingerprint density at radius 2 is 1.89 bits per heavy atom. The van der Waals surface area contributed by atoms with Crippen LogP contribution in [0.3, 0.4) is 0 Å². The van der Waals surface area contributed by atoms with E-state index in [0.29, 0.717) is 33.4 Å². The zero-order valence-electron chi connectivity index (χ0n) is 19.5.